The first-order chi connectivity index (χ1) is 8.30. The first-order valence-electron chi connectivity index (χ1n) is 5.89. The van der Waals surface area contributed by atoms with Crippen LogP contribution in [0.5, 0.6) is 0 Å². The molecule has 100 valence electrons. The SMILES string of the molecule is CCC(C)(CNC(=O)c1cc(C)c(C)s1)C(=O)O. The number of hydrogen-bond acceptors (Lipinski definition) is 3. The van der Waals surface area contributed by atoms with Gasteiger partial charge in [0.1, 0.15) is 0 Å². The van der Waals surface area contributed by atoms with E-state index in [0.29, 0.717) is 11.3 Å². The minimum absolute atomic E-state index is 0.146. The number of amides is 1. The van der Waals surface area contributed by atoms with Crippen molar-refractivity contribution in [2.24, 2.45) is 5.41 Å². The van der Waals surface area contributed by atoms with Crippen molar-refractivity contribution >= 4 is 23.2 Å². The molecule has 1 amide bonds. The van der Waals surface area contributed by atoms with Crippen LogP contribution in [0.15, 0.2) is 6.07 Å². The highest BCUT2D eigenvalue weighted by molar-refractivity contribution is 7.14. The molecule has 1 rings (SSSR count). The summed E-state index contributed by atoms with van der Waals surface area (Å²) < 4.78 is 0. The van der Waals surface area contributed by atoms with Crippen LogP contribution in [0, 0.1) is 19.3 Å². The highest BCUT2D eigenvalue weighted by Gasteiger charge is 2.31. The van der Waals surface area contributed by atoms with Crippen LogP contribution in [-0.2, 0) is 4.79 Å². The van der Waals surface area contributed by atoms with E-state index in [2.05, 4.69) is 5.32 Å². The van der Waals surface area contributed by atoms with Gasteiger partial charge in [-0.25, -0.2) is 0 Å². The fourth-order valence-electron chi connectivity index (χ4n) is 1.40. The van der Waals surface area contributed by atoms with E-state index in [4.69, 9.17) is 5.11 Å². The molecule has 0 aliphatic heterocycles. The van der Waals surface area contributed by atoms with Crippen molar-refractivity contribution in [1.29, 1.82) is 0 Å². The molecule has 0 aliphatic rings. The molecule has 2 N–H and O–H groups in total. The molecule has 0 spiro atoms. The van der Waals surface area contributed by atoms with Crippen molar-refractivity contribution in [2.75, 3.05) is 6.54 Å². The third kappa shape index (κ3) is 3.10. The molecule has 4 nitrogen and oxygen atoms in total. The molecular weight excluding hydrogens is 250 g/mol. The quantitative estimate of drug-likeness (QED) is 0.863. The Bertz CT molecular complexity index is 447. The maximum Gasteiger partial charge on any atom is 0.311 e. The van der Waals surface area contributed by atoms with E-state index in [-0.39, 0.29) is 12.5 Å². The molecule has 1 unspecified atom stereocenters. The summed E-state index contributed by atoms with van der Waals surface area (Å²) >= 11 is 1.43. The molecule has 0 bridgehead atoms. The summed E-state index contributed by atoms with van der Waals surface area (Å²) in [5, 5.41) is 11.8. The predicted octanol–water partition coefficient (Wildman–Crippen LogP) is 2.60. The molecule has 5 heteroatoms. The van der Waals surface area contributed by atoms with Crippen molar-refractivity contribution in [3.63, 3.8) is 0 Å². The highest BCUT2D eigenvalue weighted by atomic mass is 32.1. The number of hydrogen-bond donors (Lipinski definition) is 2. The lowest BCUT2D eigenvalue weighted by Gasteiger charge is -2.22. The monoisotopic (exact) mass is 269 g/mol. The first-order valence-corrected chi connectivity index (χ1v) is 6.70. The molecule has 18 heavy (non-hydrogen) atoms. The Balaban J connectivity index is 2.69. The second-order valence-corrected chi connectivity index (χ2v) is 6.01. The van der Waals surface area contributed by atoms with E-state index < -0.39 is 11.4 Å². The summed E-state index contributed by atoms with van der Waals surface area (Å²) in [6, 6.07) is 1.83. The molecule has 0 fully saturated rings. The van der Waals surface area contributed by atoms with Crippen LogP contribution in [0.1, 0.15) is 40.4 Å². The Morgan fingerprint density at radius 2 is 2.06 bits per heavy atom. The zero-order valence-corrected chi connectivity index (χ0v) is 12.0. The van der Waals surface area contributed by atoms with E-state index in [1.807, 2.05) is 19.9 Å². The number of carboxylic acid groups (broad SMARTS) is 1. The van der Waals surface area contributed by atoms with Crippen LogP contribution in [0.3, 0.4) is 0 Å². The van der Waals surface area contributed by atoms with Gasteiger partial charge >= 0.3 is 5.97 Å². The van der Waals surface area contributed by atoms with Gasteiger partial charge in [0, 0.05) is 11.4 Å². The van der Waals surface area contributed by atoms with Crippen molar-refractivity contribution in [1.82, 2.24) is 5.32 Å². The molecule has 0 radical (unpaired) electrons. The van der Waals surface area contributed by atoms with Gasteiger partial charge in [-0.3, -0.25) is 9.59 Å². The van der Waals surface area contributed by atoms with E-state index in [1.165, 1.54) is 11.3 Å². The second kappa shape index (κ2) is 5.52. The standard InChI is InChI=1S/C13H19NO3S/c1-5-13(4,12(16)17)7-14-11(15)10-6-8(2)9(3)18-10/h6H,5,7H2,1-4H3,(H,14,15)(H,16,17). The van der Waals surface area contributed by atoms with E-state index >= 15 is 0 Å². The zero-order chi connectivity index (χ0) is 13.9. The van der Waals surface area contributed by atoms with Gasteiger partial charge < -0.3 is 10.4 Å². The number of aliphatic carboxylic acids is 1. The van der Waals surface area contributed by atoms with Crippen molar-refractivity contribution < 1.29 is 14.7 Å². The summed E-state index contributed by atoms with van der Waals surface area (Å²) in [5.41, 5.74) is 0.179. The molecule has 1 atom stereocenters. The van der Waals surface area contributed by atoms with Gasteiger partial charge in [0.25, 0.3) is 5.91 Å². The third-order valence-corrected chi connectivity index (χ3v) is 4.48. The van der Waals surface area contributed by atoms with Crippen LogP contribution in [0.4, 0.5) is 0 Å². The van der Waals surface area contributed by atoms with Gasteiger partial charge in [-0.1, -0.05) is 6.92 Å². The number of carbonyl (C=O) groups is 2. The lowest BCUT2D eigenvalue weighted by molar-refractivity contribution is -0.147. The minimum Gasteiger partial charge on any atom is -0.481 e. The predicted molar refractivity (Wildman–Crippen MR) is 72.2 cm³/mol. The van der Waals surface area contributed by atoms with Gasteiger partial charge in [0.2, 0.25) is 0 Å². The largest absolute Gasteiger partial charge is 0.481 e. The third-order valence-electron chi connectivity index (χ3n) is 3.33. The Labute approximate surface area is 111 Å². The van der Waals surface area contributed by atoms with Crippen LogP contribution < -0.4 is 5.32 Å². The molecule has 0 aliphatic carbocycles. The molecule has 0 saturated carbocycles. The van der Waals surface area contributed by atoms with Gasteiger partial charge in [0.05, 0.1) is 10.3 Å². The lowest BCUT2D eigenvalue weighted by Crippen LogP contribution is -2.40. The van der Waals surface area contributed by atoms with E-state index in [9.17, 15) is 9.59 Å². The highest BCUT2D eigenvalue weighted by Crippen LogP contribution is 2.22. The van der Waals surface area contributed by atoms with Gasteiger partial charge in [0.15, 0.2) is 0 Å². The lowest BCUT2D eigenvalue weighted by atomic mass is 9.88. The van der Waals surface area contributed by atoms with Crippen molar-refractivity contribution in [3.05, 3.63) is 21.4 Å². The number of carbonyl (C=O) groups excluding carboxylic acids is 1. The Morgan fingerprint density at radius 1 is 1.44 bits per heavy atom. The number of rotatable bonds is 5. The molecule has 0 aromatic carbocycles. The number of nitrogens with one attached hydrogen (secondary N) is 1. The smallest absolute Gasteiger partial charge is 0.311 e. The molecule has 1 aromatic rings. The fourth-order valence-corrected chi connectivity index (χ4v) is 2.35. The summed E-state index contributed by atoms with van der Waals surface area (Å²) in [5.74, 6) is -1.08. The number of thiophene rings is 1. The Morgan fingerprint density at radius 3 is 2.44 bits per heavy atom. The van der Waals surface area contributed by atoms with E-state index in [1.54, 1.807) is 13.8 Å². The maximum atomic E-state index is 11.9. The average Bonchev–Trinajstić information content (AvgIpc) is 2.66. The second-order valence-electron chi connectivity index (χ2n) is 4.75. The Kier molecular flexibility index (Phi) is 4.51. The van der Waals surface area contributed by atoms with Gasteiger partial charge in [-0.15, -0.1) is 11.3 Å². The summed E-state index contributed by atoms with van der Waals surface area (Å²) in [7, 11) is 0. The number of aryl methyl sites for hydroxylation is 2. The molecule has 0 saturated heterocycles. The molecule has 1 aromatic heterocycles. The summed E-state index contributed by atoms with van der Waals surface area (Å²) in [6.07, 6.45) is 0.477. The van der Waals surface area contributed by atoms with E-state index in [0.717, 1.165) is 10.4 Å². The summed E-state index contributed by atoms with van der Waals surface area (Å²) in [6.45, 7) is 7.51. The van der Waals surface area contributed by atoms with Crippen molar-refractivity contribution in [2.45, 2.75) is 34.1 Å². The molecular formula is C13H19NO3S. The zero-order valence-electron chi connectivity index (χ0n) is 11.2. The van der Waals surface area contributed by atoms with Crippen LogP contribution in [-0.4, -0.2) is 23.5 Å². The first kappa shape index (κ1) is 14.7. The maximum absolute atomic E-state index is 11.9. The topological polar surface area (TPSA) is 66.4 Å². The van der Waals surface area contributed by atoms with Crippen LogP contribution >= 0.6 is 11.3 Å². The van der Waals surface area contributed by atoms with Crippen LogP contribution in [0.2, 0.25) is 0 Å². The molecule has 1 heterocycles. The minimum atomic E-state index is -0.906. The van der Waals surface area contributed by atoms with Gasteiger partial charge in [-0.2, -0.15) is 0 Å². The fraction of sp³-hybridized carbons (Fsp3) is 0.538. The average molecular weight is 269 g/mol. The summed E-state index contributed by atoms with van der Waals surface area (Å²) in [4.78, 5) is 24.8. The normalized spacial score (nSPS) is 14.0. The van der Waals surface area contributed by atoms with Crippen molar-refractivity contribution in [3.8, 4) is 0 Å². The number of carboxylic acids is 1. The van der Waals surface area contributed by atoms with Gasteiger partial charge in [-0.05, 0) is 38.8 Å². The van der Waals surface area contributed by atoms with Crippen LogP contribution in [0.25, 0.3) is 0 Å². The Hall–Kier alpha value is -1.36.